The van der Waals surface area contributed by atoms with Gasteiger partial charge in [0.15, 0.2) is 6.40 Å². The Balaban J connectivity index is 2.65. The van der Waals surface area contributed by atoms with E-state index in [1.807, 2.05) is 13.0 Å². The van der Waals surface area contributed by atoms with Crippen LogP contribution in [0, 0.1) is 11.3 Å². The van der Waals surface area contributed by atoms with Crippen LogP contribution >= 0.6 is 0 Å². The highest BCUT2D eigenvalue weighted by Gasteiger charge is 2.08. The van der Waals surface area contributed by atoms with Crippen LogP contribution in [0.2, 0.25) is 0 Å². The van der Waals surface area contributed by atoms with E-state index in [-0.39, 0.29) is 0 Å². The first-order chi connectivity index (χ1) is 6.38. The Morgan fingerprint density at radius 2 is 2.69 bits per heavy atom. The number of nitriles is 1. The number of hydrogen-bond acceptors (Lipinski definition) is 4. The van der Waals surface area contributed by atoms with Crippen molar-refractivity contribution >= 4 is 6.40 Å². The molecule has 1 aliphatic heterocycles. The molecule has 1 rings (SSSR count). The van der Waals surface area contributed by atoms with E-state index in [4.69, 9.17) is 14.7 Å². The van der Waals surface area contributed by atoms with E-state index in [2.05, 4.69) is 4.99 Å². The maximum absolute atomic E-state index is 8.68. The topological polar surface area (TPSA) is 54.6 Å². The van der Waals surface area contributed by atoms with Crippen LogP contribution in [0.15, 0.2) is 28.8 Å². The average Bonchev–Trinajstić information content (AvgIpc) is 2.19. The summed E-state index contributed by atoms with van der Waals surface area (Å²) in [6, 6.07) is 2.01. The maximum Gasteiger partial charge on any atom is 0.235 e. The molecule has 0 aromatic carbocycles. The van der Waals surface area contributed by atoms with Gasteiger partial charge in [-0.3, -0.25) is 0 Å². The third-order valence-electron chi connectivity index (χ3n) is 1.40. The molecule has 0 spiro atoms. The highest BCUT2D eigenvalue weighted by atomic mass is 16.5. The van der Waals surface area contributed by atoms with E-state index in [1.54, 1.807) is 6.08 Å². The zero-order valence-electron chi connectivity index (χ0n) is 7.36. The Labute approximate surface area is 76.8 Å². The average molecular weight is 178 g/mol. The summed E-state index contributed by atoms with van der Waals surface area (Å²) in [5, 5.41) is 8.68. The molecule has 4 nitrogen and oxygen atoms in total. The maximum atomic E-state index is 8.68. The van der Waals surface area contributed by atoms with Crippen molar-refractivity contribution in [3.63, 3.8) is 0 Å². The first-order valence-electron chi connectivity index (χ1n) is 3.97. The molecule has 0 saturated carbocycles. The second kappa shape index (κ2) is 4.99. The van der Waals surface area contributed by atoms with Gasteiger partial charge in [0.1, 0.15) is 6.07 Å². The zero-order valence-corrected chi connectivity index (χ0v) is 7.36. The van der Waals surface area contributed by atoms with E-state index >= 15 is 0 Å². The molecule has 0 fully saturated rings. The molecule has 0 N–H and O–H groups in total. The van der Waals surface area contributed by atoms with Crippen molar-refractivity contribution in [1.82, 2.24) is 0 Å². The van der Waals surface area contributed by atoms with Gasteiger partial charge in [-0.05, 0) is 13.0 Å². The molecule has 68 valence electrons. The van der Waals surface area contributed by atoms with E-state index < -0.39 is 0 Å². The van der Waals surface area contributed by atoms with Gasteiger partial charge in [-0.1, -0.05) is 0 Å². The Hall–Kier alpha value is -1.76. The summed E-state index contributed by atoms with van der Waals surface area (Å²) in [4.78, 5) is 3.86. The van der Waals surface area contributed by atoms with E-state index in [1.165, 1.54) is 12.7 Å². The van der Waals surface area contributed by atoms with E-state index in [9.17, 15) is 0 Å². The minimum atomic E-state index is 0.318. The second-order valence-electron chi connectivity index (χ2n) is 2.28. The first-order valence-corrected chi connectivity index (χ1v) is 3.97. The van der Waals surface area contributed by atoms with Crippen LogP contribution in [0.1, 0.15) is 13.3 Å². The van der Waals surface area contributed by atoms with Gasteiger partial charge in [0.2, 0.25) is 5.88 Å². The molecule has 4 heteroatoms. The van der Waals surface area contributed by atoms with Crippen molar-refractivity contribution in [2.45, 2.75) is 13.3 Å². The van der Waals surface area contributed by atoms with Crippen LogP contribution in [-0.4, -0.2) is 13.0 Å². The molecule has 1 aliphatic rings. The number of hydrogen-bond donors (Lipinski definition) is 0. The van der Waals surface area contributed by atoms with Crippen molar-refractivity contribution < 1.29 is 9.47 Å². The third kappa shape index (κ3) is 2.64. The van der Waals surface area contributed by atoms with Crippen LogP contribution in [-0.2, 0) is 9.47 Å². The van der Waals surface area contributed by atoms with Crippen molar-refractivity contribution in [2.24, 2.45) is 4.99 Å². The summed E-state index contributed by atoms with van der Waals surface area (Å²) in [6.07, 6.45) is 5.12. The molecule has 0 saturated heterocycles. The second-order valence-corrected chi connectivity index (χ2v) is 2.28. The lowest BCUT2D eigenvalue weighted by Crippen LogP contribution is -1.96. The van der Waals surface area contributed by atoms with Crippen molar-refractivity contribution in [3.8, 4) is 6.07 Å². The first kappa shape index (κ1) is 9.33. The van der Waals surface area contributed by atoms with Gasteiger partial charge in [-0.15, -0.1) is 0 Å². The summed E-state index contributed by atoms with van der Waals surface area (Å²) in [5.41, 5.74) is 0.512. The Bertz CT molecular complexity index is 297. The predicted molar refractivity (Wildman–Crippen MR) is 47.6 cm³/mol. The molecule has 0 radical (unpaired) electrons. The van der Waals surface area contributed by atoms with Gasteiger partial charge in [0.25, 0.3) is 0 Å². The molecule has 0 bridgehead atoms. The molecule has 0 aromatic heterocycles. The van der Waals surface area contributed by atoms with Gasteiger partial charge >= 0.3 is 0 Å². The summed E-state index contributed by atoms with van der Waals surface area (Å²) >= 11 is 0. The quantitative estimate of drug-likeness (QED) is 0.488. The molecular weight excluding hydrogens is 168 g/mol. The fraction of sp³-hybridized carbons (Fsp3) is 0.333. The van der Waals surface area contributed by atoms with Crippen LogP contribution in [0.25, 0.3) is 0 Å². The monoisotopic (exact) mass is 178 g/mol. The van der Waals surface area contributed by atoms with Crippen LogP contribution in [0.3, 0.4) is 0 Å². The fourth-order valence-corrected chi connectivity index (χ4v) is 0.798. The predicted octanol–water partition coefficient (Wildman–Crippen LogP) is 1.72. The molecule has 0 atom stereocenters. The minimum absolute atomic E-state index is 0.318. The lowest BCUT2D eigenvalue weighted by Gasteiger charge is -2.06. The molecule has 13 heavy (non-hydrogen) atoms. The number of allylic oxidation sites excluding steroid dienone is 2. The summed E-state index contributed by atoms with van der Waals surface area (Å²) < 4.78 is 9.92. The molecule has 0 aliphatic carbocycles. The summed E-state index contributed by atoms with van der Waals surface area (Å²) in [5.74, 6) is 0.318. The highest BCUT2D eigenvalue weighted by Crippen LogP contribution is 2.16. The van der Waals surface area contributed by atoms with E-state index in [0.29, 0.717) is 24.5 Å². The van der Waals surface area contributed by atoms with Gasteiger partial charge in [0, 0.05) is 6.42 Å². The molecular formula is C9H10N2O2. The lowest BCUT2D eigenvalue weighted by molar-refractivity contribution is 0.317. The lowest BCUT2D eigenvalue weighted by atomic mass is 10.2. The summed E-state index contributed by atoms with van der Waals surface area (Å²) in [6.45, 7) is 2.40. The highest BCUT2D eigenvalue weighted by molar-refractivity contribution is 5.49. The van der Waals surface area contributed by atoms with Crippen LogP contribution in [0.5, 0.6) is 0 Å². The number of rotatable bonds is 3. The molecule has 0 unspecified atom stereocenters. The van der Waals surface area contributed by atoms with Crippen molar-refractivity contribution in [3.05, 3.63) is 23.8 Å². The smallest absolute Gasteiger partial charge is 0.235 e. The molecule has 0 aromatic rings. The largest absolute Gasteiger partial charge is 0.483 e. The van der Waals surface area contributed by atoms with Gasteiger partial charge in [-0.2, -0.15) is 10.3 Å². The summed E-state index contributed by atoms with van der Waals surface area (Å²) in [7, 11) is 0. The zero-order chi connectivity index (χ0) is 9.52. The Morgan fingerprint density at radius 3 is 3.38 bits per heavy atom. The SMILES string of the molecule is CCOC=NC1=C(C#N)CC=CO1. The van der Waals surface area contributed by atoms with Crippen LogP contribution in [0.4, 0.5) is 0 Å². The van der Waals surface area contributed by atoms with Gasteiger partial charge < -0.3 is 9.47 Å². The third-order valence-corrected chi connectivity index (χ3v) is 1.40. The molecule has 1 heterocycles. The van der Waals surface area contributed by atoms with Gasteiger partial charge in [0.05, 0.1) is 18.4 Å². The Morgan fingerprint density at radius 1 is 1.85 bits per heavy atom. The van der Waals surface area contributed by atoms with Crippen LogP contribution < -0.4 is 0 Å². The number of nitrogens with zero attached hydrogens (tertiary/aromatic N) is 2. The molecule has 0 amide bonds. The standard InChI is InChI=1S/C9H10N2O2/c1-2-12-7-11-9-8(6-10)4-3-5-13-9/h3,5,7H,2,4H2,1H3. The Kier molecular flexibility index (Phi) is 3.58. The normalized spacial score (nSPS) is 15.7. The van der Waals surface area contributed by atoms with Crippen molar-refractivity contribution in [2.75, 3.05) is 6.61 Å². The number of ether oxygens (including phenoxy) is 2. The fourth-order valence-electron chi connectivity index (χ4n) is 0.798. The van der Waals surface area contributed by atoms with E-state index in [0.717, 1.165) is 0 Å². The minimum Gasteiger partial charge on any atom is -0.483 e. The number of aliphatic imine (C=N–C) groups is 1. The van der Waals surface area contributed by atoms with Crippen molar-refractivity contribution in [1.29, 1.82) is 5.26 Å². The van der Waals surface area contributed by atoms with Gasteiger partial charge in [-0.25, -0.2) is 0 Å².